The molecule has 0 aliphatic heterocycles. The minimum atomic E-state index is -0.0942. The molecule has 3 heteroatoms. The van der Waals surface area contributed by atoms with Crippen molar-refractivity contribution in [2.75, 3.05) is 0 Å². The quantitative estimate of drug-likeness (QED) is 0.925. The molecule has 2 aromatic rings. The standard InChI is InChI=1S/C17H20N2O/c1-11-8-13(3)16(9-12(11)2)14(4)19-17(20)15-6-5-7-18-10-15/h5-10,14H,1-4H3,(H,19,20). The van der Waals surface area contributed by atoms with Crippen molar-refractivity contribution in [2.45, 2.75) is 33.7 Å². The Balaban J connectivity index is 2.19. The molecule has 1 heterocycles. The first-order valence-corrected chi connectivity index (χ1v) is 6.77. The van der Waals surface area contributed by atoms with Crippen molar-refractivity contribution in [3.8, 4) is 0 Å². The minimum Gasteiger partial charge on any atom is -0.345 e. The van der Waals surface area contributed by atoms with E-state index in [0.717, 1.165) is 5.56 Å². The maximum absolute atomic E-state index is 12.1. The Morgan fingerprint density at radius 1 is 1.15 bits per heavy atom. The number of benzene rings is 1. The Hall–Kier alpha value is -2.16. The van der Waals surface area contributed by atoms with Gasteiger partial charge in [-0.15, -0.1) is 0 Å². The van der Waals surface area contributed by atoms with Gasteiger partial charge in [0, 0.05) is 12.4 Å². The van der Waals surface area contributed by atoms with Crippen LogP contribution in [0.15, 0.2) is 36.7 Å². The van der Waals surface area contributed by atoms with Crippen LogP contribution in [0.3, 0.4) is 0 Å². The summed E-state index contributed by atoms with van der Waals surface area (Å²) in [7, 11) is 0. The average molecular weight is 268 g/mol. The number of aromatic nitrogens is 1. The molecule has 0 bridgehead atoms. The maximum atomic E-state index is 12.1. The summed E-state index contributed by atoms with van der Waals surface area (Å²) in [4.78, 5) is 16.1. The van der Waals surface area contributed by atoms with Crippen LogP contribution < -0.4 is 5.32 Å². The topological polar surface area (TPSA) is 42.0 Å². The molecule has 0 saturated carbocycles. The fraction of sp³-hybridized carbons (Fsp3) is 0.294. The summed E-state index contributed by atoms with van der Waals surface area (Å²) in [6.07, 6.45) is 3.24. The van der Waals surface area contributed by atoms with E-state index in [1.165, 1.54) is 16.7 Å². The van der Waals surface area contributed by atoms with Crippen molar-refractivity contribution in [3.05, 3.63) is 64.5 Å². The van der Waals surface area contributed by atoms with Gasteiger partial charge < -0.3 is 5.32 Å². The minimum absolute atomic E-state index is 0.0259. The number of carbonyl (C=O) groups is 1. The van der Waals surface area contributed by atoms with Gasteiger partial charge in [0.1, 0.15) is 0 Å². The van der Waals surface area contributed by atoms with E-state index < -0.39 is 0 Å². The lowest BCUT2D eigenvalue weighted by atomic mass is 9.96. The Morgan fingerprint density at radius 3 is 2.50 bits per heavy atom. The summed E-state index contributed by atoms with van der Waals surface area (Å²) in [6.45, 7) is 8.28. The fourth-order valence-corrected chi connectivity index (χ4v) is 2.30. The molecular weight excluding hydrogens is 248 g/mol. The van der Waals surface area contributed by atoms with Gasteiger partial charge in [-0.05, 0) is 62.1 Å². The second-order valence-corrected chi connectivity index (χ2v) is 5.23. The smallest absolute Gasteiger partial charge is 0.253 e. The van der Waals surface area contributed by atoms with Crippen LogP contribution in [0.2, 0.25) is 0 Å². The Kier molecular flexibility index (Phi) is 4.18. The Morgan fingerprint density at radius 2 is 1.85 bits per heavy atom. The monoisotopic (exact) mass is 268 g/mol. The molecule has 104 valence electrons. The summed E-state index contributed by atoms with van der Waals surface area (Å²) in [5.74, 6) is -0.0942. The van der Waals surface area contributed by atoms with Gasteiger partial charge in [0.05, 0.1) is 11.6 Å². The average Bonchev–Trinajstić information content (AvgIpc) is 2.43. The summed E-state index contributed by atoms with van der Waals surface area (Å²) in [6, 6.07) is 7.82. The van der Waals surface area contributed by atoms with Gasteiger partial charge in [0.2, 0.25) is 0 Å². The van der Waals surface area contributed by atoms with E-state index in [1.54, 1.807) is 24.5 Å². The molecule has 1 atom stereocenters. The molecule has 1 amide bonds. The third kappa shape index (κ3) is 3.05. The predicted octanol–water partition coefficient (Wildman–Crippen LogP) is 3.50. The first-order valence-electron chi connectivity index (χ1n) is 6.77. The molecule has 20 heavy (non-hydrogen) atoms. The number of pyridine rings is 1. The van der Waals surface area contributed by atoms with Crippen LogP contribution in [0, 0.1) is 20.8 Å². The molecule has 0 saturated heterocycles. The largest absolute Gasteiger partial charge is 0.345 e. The zero-order valence-electron chi connectivity index (χ0n) is 12.4. The molecule has 0 spiro atoms. The number of nitrogens with one attached hydrogen (secondary N) is 1. The van der Waals surface area contributed by atoms with E-state index >= 15 is 0 Å². The van der Waals surface area contributed by atoms with E-state index in [1.807, 2.05) is 6.92 Å². The fourth-order valence-electron chi connectivity index (χ4n) is 2.30. The molecule has 1 aromatic heterocycles. The van der Waals surface area contributed by atoms with Gasteiger partial charge in [-0.3, -0.25) is 9.78 Å². The van der Waals surface area contributed by atoms with Gasteiger partial charge in [-0.1, -0.05) is 12.1 Å². The summed E-state index contributed by atoms with van der Waals surface area (Å²) in [5.41, 5.74) is 5.46. The molecule has 0 aliphatic rings. The second-order valence-electron chi connectivity index (χ2n) is 5.23. The van der Waals surface area contributed by atoms with Crippen LogP contribution in [-0.4, -0.2) is 10.9 Å². The lowest BCUT2D eigenvalue weighted by molar-refractivity contribution is 0.0939. The number of amides is 1. The first kappa shape index (κ1) is 14.3. The van der Waals surface area contributed by atoms with E-state index in [9.17, 15) is 4.79 Å². The molecule has 0 radical (unpaired) electrons. The van der Waals surface area contributed by atoms with E-state index in [0.29, 0.717) is 5.56 Å². The van der Waals surface area contributed by atoms with Crippen LogP contribution in [0.4, 0.5) is 0 Å². The highest BCUT2D eigenvalue weighted by Crippen LogP contribution is 2.21. The normalized spacial score (nSPS) is 12.0. The Labute approximate surface area is 120 Å². The molecule has 1 aromatic carbocycles. The lowest BCUT2D eigenvalue weighted by Gasteiger charge is -2.18. The van der Waals surface area contributed by atoms with Gasteiger partial charge in [0.25, 0.3) is 5.91 Å². The molecule has 2 rings (SSSR count). The summed E-state index contributed by atoms with van der Waals surface area (Å²) in [5, 5.41) is 3.02. The van der Waals surface area contributed by atoms with Crippen molar-refractivity contribution in [1.82, 2.24) is 10.3 Å². The van der Waals surface area contributed by atoms with Crippen molar-refractivity contribution >= 4 is 5.91 Å². The van der Waals surface area contributed by atoms with Crippen LogP contribution in [0.1, 0.15) is 45.6 Å². The zero-order valence-corrected chi connectivity index (χ0v) is 12.4. The van der Waals surface area contributed by atoms with Gasteiger partial charge in [-0.25, -0.2) is 0 Å². The lowest BCUT2D eigenvalue weighted by Crippen LogP contribution is -2.27. The van der Waals surface area contributed by atoms with Crippen LogP contribution in [0.5, 0.6) is 0 Å². The number of rotatable bonds is 3. The van der Waals surface area contributed by atoms with Crippen molar-refractivity contribution in [1.29, 1.82) is 0 Å². The predicted molar refractivity (Wildman–Crippen MR) is 80.8 cm³/mol. The summed E-state index contributed by atoms with van der Waals surface area (Å²) >= 11 is 0. The van der Waals surface area contributed by atoms with Gasteiger partial charge >= 0.3 is 0 Å². The molecule has 3 nitrogen and oxygen atoms in total. The van der Waals surface area contributed by atoms with E-state index in [2.05, 4.69) is 43.2 Å². The maximum Gasteiger partial charge on any atom is 0.253 e. The highest BCUT2D eigenvalue weighted by atomic mass is 16.1. The number of hydrogen-bond donors (Lipinski definition) is 1. The van der Waals surface area contributed by atoms with Crippen LogP contribution >= 0.6 is 0 Å². The van der Waals surface area contributed by atoms with Crippen LogP contribution in [0.25, 0.3) is 0 Å². The van der Waals surface area contributed by atoms with Crippen molar-refractivity contribution in [2.24, 2.45) is 0 Å². The number of hydrogen-bond acceptors (Lipinski definition) is 2. The first-order chi connectivity index (χ1) is 9.49. The highest BCUT2D eigenvalue weighted by molar-refractivity contribution is 5.94. The third-order valence-electron chi connectivity index (χ3n) is 3.62. The van der Waals surface area contributed by atoms with Gasteiger partial charge in [-0.2, -0.15) is 0 Å². The molecule has 1 unspecified atom stereocenters. The van der Waals surface area contributed by atoms with E-state index in [4.69, 9.17) is 0 Å². The highest BCUT2D eigenvalue weighted by Gasteiger charge is 2.14. The number of aryl methyl sites for hydroxylation is 3. The zero-order chi connectivity index (χ0) is 14.7. The van der Waals surface area contributed by atoms with Crippen molar-refractivity contribution in [3.63, 3.8) is 0 Å². The molecule has 0 fully saturated rings. The van der Waals surface area contributed by atoms with Crippen molar-refractivity contribution < 1.29 is 4.79 Å². The molecular formula is C17H20N2O. The van der Waals surface area contributed by atoms with Crippen LogP contribution in [-0.2, 0) is 0 Å². The SMILES string of the molecule is Cc1cc(C)c(C(C)NC(=O)c2cccnc2)cc1C. The molecule has 1 N–H and O–H groups in total. The number of carbonyl (C=O) groups excluding carboxylic acids is 1. The van der Waals surface area contributed by atoms with Gasteiger partial charge in [0.15, 0.2) is 0 Å². The molecule has 0 aliphatic carbocycles. The number of nitrogens with zero attached hydrogens (tertiary/aromatic N) is 1. The Bertz CT molecular complexity index is 620. The van der Waals surface area contributed by atoms with E-state index in [-0.39, 0.29) is 11.9 Å². The third-order valence-corrected chi connectivity index (χ3v) is 3.62. The summed E-state index contributed by atoms with van der Waals surface area (Å²) < 4.78 is 0. The second kappa shape index (κ2) is 5.87.